The van der Waals surface area contributed by atoms with Crippen molar-refractivity contribution in [1.29, 1.82) is 0 Å². The molecule has 0 aromatic carbocycles. The molecule has 1 spiro atoms. The molecule has 0 radical (unpaired) electrons. The zero-order chi connectivity index (χ0) is 29.8. The third kappa shape index (κ3) is 6.01. The number of halogens is 1. The van der Waals surface area contributed by atoms with Crippen molar-refractivity contribution >= 4 is 39.6 Å². The van der Waals surface area contributed by atoms with Crippen molar-refractivity contribution in [2.75, 3.05) is 19.7 Å². The van der Waals surface area contributed by atoms with Gasteiger partial charge in [-0.2, -0.15) is 0 Å². The fourth-order valence-electron chi connectivity index (χ4n) is 6.43. The van der Waals surface area contributed by atoms with Crippen LogP contribution < -0.4 is 5.32 Å². The fourth-order valence-corrected chi connectivity index (χ4v) is 7.38. The molecule has 3 heterocycles. The molecule has 0 aromatic rings. The van der Waals surface area contributed by atoms with Crippen LogP contribution in [0.3, 0.4) is 0 Å². The van der Waals surface area contributed by atoms with Crippen molar-refractivity contribution in [2.24, 2.45) is 11.8 Å². The van der Waals surface area contributed by atoms with Gasteiger partial charge in [-0.3, -0.25) is 19.2 Å². The van der Waals surface area contributed by atoms with Crippen LogP contribution in [-0.2, 0) is 28.7 Å². The summed E-state index contributed by atoms with van der Waals surface area (Å²) in [6.07, 6.45) is 4.87. The van der Waals surface area contributed by atoms with Gasteiger partial charge in [-0.25, -0.2) is 0 Å². The van der Waals surface area contributed by atoms with Crippen LogP contribution in [0.1, 0.15) is 59.8 Å². The minimum absolute atomic E-state index is 0.103. The van der Waals surface area contributed by atoms with E-state index in [-0.39, 0.29) is 35.8 Å². The fraction of sp³-hybridized carbons (Fsp3) is 0.724. The van der Waals surface area contributed by atoms with Crippen LogP contribution in [0, 0.1) is 11.8 Å². The molecule has 0 aliphatic carbocycles. The number of nitrogens with zero attached hydrogens (tertiary/aromatic N) is 2. The predicted octanol–water partition coefficient (Wildman–Crippen LogP) is 2.33. The molecule has 3 saturated heterocycles. The second-order valence-corrected chi connectivity index (χ2v) is 12.4. The normalized spacial score (nSPS) is 30.8. The summed E-state index contributed by atoms with van der Waals surface area (Å²) in [6, 6.07) is -1.77. The maximum Gasteiger partial charge on any atom is 0.312 e. The summed E-state index contributed by atoms with van der Waals surface area (Å²) >= 11 is 3.65. The van der Waals surface area contributed by atoms with Gasteiger partial charge in [-0.05, 0) is 40.0 Å². The lowest BCUT2D eigenvalue weighted by atomic mass is 9.70. The van der Waals surface area contributed by atoms with E-state index in [2.05, 4.69) is 34.4 Å². The first kappa shape index (κ1) is 32.3. The Morgan fingerprint density at radius 1 is 1.30 bits per heavy atom. The monoisotopic (exact) mass is 625 g/mol. The Balaban J connectivity index is 1.91. The first-order valence-corrected chi connectivity index (χ1v) is 15.1. The van der Waals surface area contributed by atoms with E-state index in [0.717, 1.165) is 12.8 Å². The Labute approximate surface area is 245 Å². The molecule has 9 atom stereocenters. The number of ether oxygens (including phenoxy) is 2. The number of nitrogens with one attached hydrogen (secondary N) is 1. The van der Waals surface area contributed by atoms with Gasteiger partial charge in [-0.1, -0.05) is 41.4 Å². The number of hydrogen-bond donors (Lipinski definition) is 2. The summed E-state index contributed by atoms with van der Waals surface area (Å²) in [5, 5.41) is 12.8. The molecule has 3 aliphatic rings. The van der Waals surface area contributed by atoms with Crippen LogP contribution >= 0.6 is 15.9 Å². The van der Waals surface area contributed by atoms with E-state index < -0.39 is 53.6 Å². The molecule has 0 aromatic heterocycles. The van der Waals surface area contributed by atoms with Crippen molar-refractivity contribution in [3.05, 3.63) is 25.3 Å². The van der Waals surface area contributed by atoms with Gasteiger partial charge in [0, 0.05) is 23.8 Å². The Bertz CT molecular complexity index is 993. The number of hydrogen-bond acceptors (Lipinski definition) is 7. The summed E-state index contributed by atoms with van der Waals surface area (Å²) < 4.78 is 12.2. The topological polar surface area (TPSA) is 125 Å². The largest absolute Gasteiger partial charge is 0.460 e. The highest BCUT2D eigenvalue weighted by Gasteiger charge is 2.77. The van der Waals surface area contributed by atoms with E-state index >= 15 is 0 Å². The molecular formula is C29H44BrN3O7. The molecule has 224 valence electrons. The number of aliphatic hydroxyl groups excluding tert-OH is 1. The van der Waals surface area contributed by atoms with E-state index in [1.54, 1.807) is 30.9 Å². The van der Waals surface area contributed by atoms with Gasteiger partial charge in [0.1, 0.15) is 17.7 Å². The minimum atomic E-state index is -1.24. The number of allylic oxidation sites excluding steroid dienone is 1. The molecule has 0 saturated carbocycles. The molecule has 3 amide bonds. The van der Waals surface area contributed by atoms with Crippen molar-refractivity contribution in [2.45, 2.75) is 101 Å². The summed E-state index contributed by atoms with van der Waals surface area (Å²) in [4.78, 5) is 56.7. The van der Waals surface area contributed by atoms with E-state index in [1.165, 1.54) is 4.90 Å². The lowest BCUT2D eigenvalue weighted by Gasteiger charge is -2.40. The molecule has 2 unspecified atom stereocenters. The molecule has 3 aliphatic heterocycles. The maximum absolute atomic E-state index is 14.3. The van der Waals surface area contributed by atoms with Crippen LogP contribution in [0.4, 0.5) is 0 Å². The number of alkyl halides is 1. The molecule has 11 heteroatoms. The number of likely N-dealkylation sites (tertiary alicyclic amines) is 1. The number of aliphatic hydroxyl groups is 1. The molecule has 10 nitrogen and oxygen atoms in total. The van der Waals surface area contributed by atoms with Crippen LogP contribution in [0.5, 0.6) is 0 Å². The molecular weight excluding hydrogens is 582 g/mol. The van der Waals surface area contributed by atoms with Crippen molar-refractivity contribution < 1.29 is 33.8 Å². The standard InChI is InChI=1S/C29H44BrN3O7/c1-7-10-12-21(35)31-15-19(6)39-28(38)22-23-26(36)33(18(5)16-34)25(29(23)14-20(30)24(22)40-29)27(37)32(13-9-3)17(4)11-8-2/h7,9,17-20,22-25,34H,1,3,8,10-16H2,2,4-6H3,(H,31,35)/t17?,18-,19+,20?,22-,23+,24-,25-,29+/m1/s1. The van der Waals surface area contributed by atoms with Gasteiger partial charge in [0.05, 0.1) is 37.1 Å². The Morgan fingerprint density at radius 3 is 2.60 bits per heavy atom. The second kappa shape index (κ2) is 13.6. The average Bonchev–Trinajstić information content (AvgIpc) is 3.51. The van der Waals surface area contributed by atoms with Crippen molar-refractivity contribution in [3.8, 4) is 0 Å². The average molecular weight is 627 g/mol. The van der Waals surface area contributed by atoms with Crippen molar-refractivity contribution in [3.63, 3.8) is 0 Å². The van der Waals surface area contributed by atoms with Gasteiger partial charge in [-0.15, -0.1) is 13.2 Å². The number of carbonyl (C=O) groups excluding carboxylic acids is 4. The molecule has 3 fully saturated rings. The van der Waals surface area contributed by atoms with E-state index in [0.29, 0.717) is 25.8 Å². The molecule has 3 rings (SSSR count). The number of carbonyl (C=O) groups is 4. The smallest absolute Gasteiger partial charge is 0.312 e. The SMILES string of the molecule is C=CCCC(=O)NC[C@H](C)OC(=O)[C@H]1[C@@H]2O[C@@]3(CC2Br)[C@@H]1C(=O)N([C@H](C)CO)[C@@H]3C(=O)N(CC=C)C(C)CCC. The van der Waals surface area contributed by atoms with E-state index in [4.69, 9.17) is 9.47 Å². The number of fused-ring (bicyclic) bond motifs is 1. The minimum Gasteiger partial charge on any atom is -0.460 e. The van der Waals surface area contributed by atoms with Gasteiger partial charge < -0.3 is 29.7 Å². The zero-order valence-electron chi connectivity index (χ0n) is 24.0. The van der Waals surface area contributed by atoms with Gasteiger partial charge in [0.2, 0.25) is 17.7 Å². The zero-order valence-corrected chi connectivity index (χ0v) is 25.6. The third-order valence-corrected chi connectivity index (χ3v) is 9.14. The third-order valence-electron chi connectivity index (χ3n) is 8.30. The quantitative estimate of drug-likeness (QED) is 0.162. The molecule has 2 N–H and O–H groups in total. The van der Waals surface area contributed by atoms with Crippen molar-refractivity contribution in [1.82, 2.24) is 15.1 Å². The van der Waals surface area contributed by atoms with Crippen LogP contribution in [0.2, 0.25) is 0 Å². The highest BCUT2D eigenvalue weighted by Crippen LogP contribution is 2.60. The van der Waals surface area contributed by atoms with Gasteiger partial charge >= 0.3 is 5.97 Å². The highest BCUT2D eigenvalue weighted by atomic mass is 79.9. The van der Waals surface area contributed by atoms with Crippen LogP contribution in [0.25, 0.3) is 0 Å². The summed E-state index contributed by atoms with van der Waals surface area (Å²) in [6.45, 7) is 14.9. The Hall–Kier alpha value is -2.24. The van der Waals surface area contributed by atoms with Gasteiger partial charge in [0.25, 0.3) is 0 Å². The number of amides is 3. The lowest BCUT2D eigenvalue weighted by Crippen LogP contribution is -2.59. The van der Waals surface area contributed by atoms with E-state index in [9.17, 15) is 24.3 Å². The molecule has 2 bridgehead atoms. The van der Waals surface area contributed by atoms with E-state index in [1.807, 2.05) is 13.8 Å². The summed E-state index contributed by atoms with van der Waals surface area (Å²) in [5.41, 5.74) is -1.24. The lowest BCUT2D eigenvalue weighted by molar-refractivity contribution is -0.160. The number of esters is 1. The Kier molecular flexibility index (Phi) is 11.0. The van der Waals surface area contributed by atoms with Gasteiger partial charge in [0.15, 0.2) is 0 Å². The second-order valence-electron chi connectivity index (χ2n) is 11.2. The van der Waals surface area contributed by atoms with Crippen LogP contribution in [0.15, 0.2) is 25.3 Å². The number of rotatable bonds is 15. The predicted molar refractivity (Wildman–Crippen MR) is 153 cm³/mol. The highest BCUT2D eigenvalue weighted by molar-refractivity contribution is 9.09. The first-order chi connectivity index (χ1) is 19.0. The molecule has 40 heavy (non-hydrogen) atoms. The summed E-state index contributed by atoms with van der Waals surface area (Å²) in [5.74, 6) is -3.31. The Morgan fingerprint density at radius 2 is 2.00 bits per heavy atom. The van der Waals surface area contributed by atoms with Crippen LogP contribution in [-0.4, -0.2) is 99.1 Å². The summed E-state index contributed by atoms with van der Waals surface area (Å²) in [7, 11) is 0. The maximum atomic E-state index is 14.3. The first-order valence-electron chi connectivity index (χ1n) is 14.2.